The van der Waals surface area contributed by atoms with E-state index in [1.165, 1.54) is 13.2 Å². The van der Waals surface area contributed by atoms with Crippen molar-refractivity contribution >= 4 is 28.9 Å². The van der Waals surface area contributed by atoms with Crippen LogP contribution >= 0.6 is 11.6 Å². The zero-order chi connectivity index (χ0) is 17.0. The Morgan fingerprint density at radius 2 is 2.13 bits per heavy atom. The summed E-state index contributed by atoms with van der Waals surface area (Å²) in [5, 5.41) is 14.6. The quantitative estimate of drug-likeness (QED) is 0.501. The Balaban J connectivity index is 2.28. The summed E-state index contributed by atoms with van der Waals surface area (Å²) in [6.45, 7) is 0. The third-order valence-electron chi connectivity index (χ3n) is 4.01. The van der Waals surface area contributed by atoms with E-state index in [9.17, 15) is 14.9 Å². The molecule has 2 rings (SSSR count). The van der Waals surface area contributed by atoms with E-state index in [0.717, 1.165) is 31.7 Å². The highest BCUT2D eigenvalue weighted by molar-refractivity contribution is 6.34. The summed E-state index contributed by atoms with van der Waals surface area (Å²) >= 11 is 6.07. The molecule has 1 aromatic carbocycles. The molecule has 2 atom stereocenters. The molecule has 0 aromatic heterocycles. The first-order chi connectivity index (χ1) is 11.0. The second-order valence-corrected chi connectivity index (χ2v) is 5.87. The van der Waals surface area contributed by atoms with Gasteiger partial charge >= 0.3 is 5.97 Å². The van der Waals surface area contributed by atoms with E-state index in [4.69, 9.17) is 16.3 Å². The minimum Gasteiger partial charge on any atom is -0.465 e. The molecule has 1 fully saturated rings. The van der Waals surface area contributed by atoms with Gasteiger partial charge < -0.3 is 14.8 Å². The molecular weight excluding hydrogens is 324 g/mol. The number of esters is 1. The SMILES string of the molecule is COC(=O)c1cc([N+](=O)[O-])c(NC2CCCC(OC)C2)cc1Cl. The van der Waals surface area contributed by atoms with Gasteiger partial charge in [-0.1, -0.05) is 11.6 Å². The number of carbonyl (C=O) groups excluding carboxylic acids is 1. The molecule has 1 aliphatic rings. The molecule has 0 spiro atoms. The maximum absolute atomic E-state index is 11.6. The van der Waals surface area contributed by atoms with Crippen LogP contribution < -0.4 is 5.32 Å². The fraction of sp³-hybridized carbons (Fsp3) is 0.533. The van der Waals surface area contributed by atoms with Crippen LogP contribution in [0.2, 0.25) is 5.02 Å². The molecule has 1 aliphatic carbocycles. The number of hydrogen-bond acceptors (Lipinski definition) is 6. The van der Waals surface area contributed by atoms with Gasteiger partial charge in [0, 0.05) is 19.2 Å². The summed E-state index contributed by atoms with van der Waals surface area (Å²) in [4.78, 5) is 22.4. The molecule has 0 saturated heterocycles. The summed E-state index contributed by atoms with van der Waals surface area (Å²) in [5.41, 5.74) is 0.0774. The van der Waals surface area contributed by atoms with Crippen LogP contribution in [0, 0.1) is 10.1 Å². The number of halogens is 1. The maximum atomic E-state index is 11.6. The normalized spacial score (nSPS) is 20.8. The van der Waals surface area contributed by atoms with Gasteiger partial charge in [0.25, 0.3) is 5.69 Å². The molecule has 0 aliphatic heterocycles. The van der Waals surface area contributed by atoms with Crippen LogP contribution in [0.15, 0.2) is 12.1 Å². The van der Waals surface area contributed by atoms with Gasteiger partial charge in [0.15, 0.2) is 0 Å². The summed E-state index contributed by atoms with van der Waals surface area (Å²) in [7, 11) is 2.86. The van der Waals surface area contributed by atoms with E-state index >= 15 is 0 Å². The third kappa shape index (κ3) is 4.11. The number of anilines is 1. The van der Waals surface area contributed by atoms with Crippen molar-refractivity contribution in [2.45, 2.75) is 37.8 Å². The molecule has 2 unspecified atom stereocenters. The second kappa shape index (κ2) is 7.61. The van der Waals surface area contributed by atoms with Crippen molar-refractivity contribution < 1.29 is 19.2 Å². The fourth-order valence-electron chi connectivity index (χ4n) is 2.80. The van der Waals surface area contributed by atoms with Crippen LogP contribution in [-0.4, -0.2) is 37.3 Å². The molecule has 0 heterocycles. The van der Waals surface area contributed by atoms with Crippen LogP contribution in [0.4, 0.5) is 11.4 Å². The van der Waals surface area contributed by atoms with Gasteiger partial charge in [-0.3, -0.25) is 10.1 Å². The first-order valence-electron chi connectivity index (χ1n) is 7.31. The van der Waals surface area contributed by atoms with E-state index in [-0.39, 0.29) is 28.4 Å². The van der Waals surface area contributed by atoms with Crippen molar-refractivity contribution in [3.63, 3.8) is 0 Å². The lowest BCUT2D eigenvalue weighted by Gasteiger charge is -2.29. The average molecular weight is 343 g/mol. The van der Waals surface area contributed by atoms with E-state index in [2.05, 4.69) is 10.1 Å². The largest absolute Gasteiger partial charge is 0.465 e. The van der Waals surface area contributed by atoms with Gasteiger partial charge in [-0.2, -0.15) is 0 Å². The molecule has 1 saturated carbocycles. The van der Waals surface area contributed by atoms with E-state index in [0.29, 0.717) is 5.69 Å². The Labute approximate surface area is 139 Å². The van der Waals surface area contributed by atoms with Crippen molar-refractivity contribution in [3.8, 4) is 0 Å². The van der Waals surface area contributed by atoms with Gasteiger partial charge in [-0.05, 0) is 31.7 Å². The molecular formula is C15H19ClN2O5. The Morgan fingerprint density at radius 1 is 1.39 bits per heavy atom. The topological polar surface area (TPSA) is 90.7 Å². The van der Waals surface area contributed by atoms with E-state index in [1.807, 2.05) is 0 Å². The van der Waals surface area contributed by atoms with Gasteiger partial charge in [0.1, 0.15) is 5.69 Å². The average Bonchev–Trinajstić information content (AvgIpc) is 2.54. The highest BCUT2D eigenvalue weighted by atomic mass is 35.5. The maximum Gasteiger partial charge on any atom is 0.339 e. The highest BCUT2D eigenvalue weighted by Gasteiger charge is 2.26. The predicted molar refractivity (Wildman–Crippen MR) is 86.1 cm³/mol. The Hall–Kier alpha value is -1.86. The number of rotatable bonds is 5. The van der Waals surface area contributed by atoms with Crippen molar-refractivity contribution in [2.24, 2.45) is 0 Å². The zero-order valence-corrected chi connectivity index (χ0v) is 13.8. The van der Waals surface area contributed by atoms with Crippen molar-refractivity contribution in [2.75, 3.05) is 19.5 Å². The smallest absolute Gasteiger partial charge is 0.339 e. The minimum atomic E-state index is -0.707. The summed E-state index contributed by atoms with van der Waals surface area (Å²) in [6, 6.07) is 2.61. The Bertz CT molecular complexity index is 608. The highest BCUT2D eigenvalue weighted by Crippen LogP contribution is 2.34. The summed E-state index contributed by atoms with van der Waals surface area (Å²) in [6.07, 6.45) is 3.78. The number of methoxy groups -OCH3 is 2. The lowest BCUT2D eigenvalue weighted by molar-refractivity contribution is -0.384. The second-order valence-electron chi connectivity index (χ2n) is 5.46. The number of nitrogens with zero attached hydrogens (tertiary/aromatic N) is 1. The summed E-state index contributed by atoms with van der Waals surface area (Å²) in [5.74, 6) is -0.707. The first-order valence-corrected chi connectivity index (χ1v) is 7.69. The Morgan fingerprint density at radius 3 is 2.74 bits per heavy atom. The van der Waals surface area contributed by atoms with Crippen molar-refractivity contribution in [1.29, 1.82) is 0 Å². The van der Waals surface area contributed by atoms with Crippen LogP contribution in [-0.2, 0) is 9.47 Å². The van der Waals surface area contributed by atoms with Gasteiger partial charge in [-0.25, -0.2) is 4.79 Å². The van der Waals surface area contributed by atoms with Crippen LogP contribution in [0.3, 0.4) is 0 Å². The number of nitrogens with one attached hydrogen (secondary N) is 1. The molecule has 8 heteroatoms. The summed E-state index contributed by atoms with van der Waals surface area (Å²) < 4.78 is 9.95. The van der Waals surface area contributed by atoms with Crippen LogP contribution in [0.5, 0.6) is 0 Å². The van der Waals surface area contributed by atoms with E-state index in [1.54, 1.807) is 7.11 Å². The van der Waals surface area contributed by atoms with Crippen LogP contribution in [0.25, 0.3) is 0 Å². The lowest BCUT2D eigenvalue weighted by atomic mass is 9.92. The molecule has 126 valence electrons. The number of benzene rings is 1. The van der Waals surface area contributed by atoms with Gasteiger partial charge in [0.2, 0.25) is 0 Å². The van der Waals surface area contributed by atoms with Gasteiger partial charge in [0.05, 0.1) is 28.7 Å². The predicted octanol–water partition coefficient (Wildman–Crippen LogP) is 3.40. The monoisotopic (exact) mass is 342 g/mol. The minimum absolute atomic E-state index is 0.0233. The Kier molecular flexibility index (Phi) is 5.79. The standard InChI is InChI=1S/C15H19ClN2O5/c1-22-10-5-3-4-9(6-10)17-13-8-12(16)11(15(19)23-2)7-14(13)18(20)21/h7-10,17H,3-6H2,1-2H3. The van der Waals surface area contributed by atoms with Crippen molar-refractivity contribution in [1.82, 2.24) is 0 Å². The molecule has 0 bridgehead atoms. The molecule has 7 nitrogen and oxygen atoms in total. The van der Waals surface area contributed by atoms with Gasteiger partial charge in [-0.15, -0.1) is 0 Å². The number of nitro benzene ring substituents is 1. The van der Waals surface area contributed by atoms with E-state index < -0.39 is 10.9 Å². The first kappa shape index (κ1) is 17.5. The number of hydrogen-bond donors (Lipinski definition) is 1. The molecule has 23 heavy (non-hydrogen) atoms. The van der Waals surface area contributed by atoms with Crippen LogP contribution in [0.1, 0.15) is 36.0 Å². The number of nitro groups is 1. The number of carbonyl (C=O) groups is 1. The molecule has 1 aromatic rings. The fourth-order valence-corrected chi connectivity index (χ4v) is 3.05. The van der Waals surface area contributed by atoms with Crippen molar-refractivity contribution in [3.05, 3.63) is 32.8 Å². The molecule has 1 N–H and O–H groups in total. The molecule has 0 amide bonds. The molecule has 0 radical (unpaired) electrons. The number of ether oxygens (including phenoxy) is 2. The zero-order valence-electron chi connectivity index (χ0n) is 13.0. The third-order valence-corrected chi connectivity index (χ3v) is 4.32. The lowest BCUT2D eigenvalue weighted by Crippen LogP contribution is -2.31.